The minimum Gasteiger partial charge on any atom is -0.355 e. The topological polar surface area (TPSA) is 55.1 Å². The zero-order valence-electron chi connectivity index (χ0n) is 13.9. The van der Waals surface area contributed by atoms with E-state index in [2.05, 4.69) is 36.5 Å². The Hall–Kier alpha value is -1.00. The molecule has 2 fully saturated rings. The molecule has 126 valence electrons. The Labute approximate surface area is 143 Å². The maximum Gasteiger partial charge on any atom is 0.223 e. The van der Waals surface area contributed by atoms with Crippen LogP contribution in [-0.4, -0.2) is 23.7 Å². The molecule has 0 aromatic heterocycles. The van der Waals surface area contributed by atoms with Gasteiger partial charge in [0.2, 0.25) is 5.91 Å². The van der Waals surface area contributed by atoms with Crippen molar-refractivity contribution in [3.05, 3.63) is 30.3 Å². The van der Waals surface area contributed by atoms with E-state index in [0.717, 1.165) is 19.4 Å². The number of benzene rings is 1. The molecular weight excluding hydrogens is 304 g/mol. The lowest BCUT2D eigenvalue weighted by atomic mass is 9.65. The van der Waals surface area contributed by atoms with Crippen molar-refractivity contribution in [2.24, 2.45) is 23.5 Å². The molecule has 1 aromatic rings. The Morgan fingerprint density at radius 3 is 2.57 bits per heavy atom. The molecule has 2 aliphatic carbocycles. The van der Waals surface area contributed by atoms with Crippen LogP contribution < -0.4 is 11.1 Å². The third-order valence-corrected chi connectivity index (χ3v) is 6.54. The second-order valence-electron chi connectivity index (χ2n) is 7.18. The van der Waals surface area contributed by atoms with E-state index in [-0.39, 0.29) is 11.8 Å². The van der Waals surface area contributed by atoms with Crippen LogP contribution in [0.4, 0.5) is 0 Å². The lowest BCUT2D eigenvalue weighted by molar-refractivity contribution is -0.127. The summed E-state index contributed by atoms with van der Waals surface area (Å²) in [5, 5.41) is 3.56. The summed E-state index contributed by atoms with van der Waals surface area (Å²) in [5.41, 5.74) is 6.32. The highest BCUT2D eigenvalue weighted by Crippen LogP contribution is 2.41. The third kappa shape index (κ3) is 4.30. The molecule has 3 atom stereocenters. The molecule has 23 heavy (non-hydrogen) atoms. The SMILES string of the molecule is CC(CNC(=O)C1CC2CCCC(C1)C2N)Sc1ccccc1. The van der Waals surface area contributed by atoms with Gasteiger partial charge in [-0.05, 0) is 49.7 Å². The summed E-state index contributed by atoms with van der Waals surface area (Å²) in [7, 11) is 0. The highest BCUT2D eigenvalue weighted by Gasteiger charge is 2.40. The normalized spacial score (nSPS) is 31.4. The quantitative estimate of drug-likeness (QED) is 0.812. The molecule has 0 saturated heterocycles. The predicted molar refractivity (Wildman–Crippen MR) is 96.3 cm³/mol. The fourth-order valence-electron chi connectivity index (χ4n) is 4.16. The standard InChI is InChI=1S/C19H28N2OS/c1-13(23-17-8-3-2-4-9-17)12-21-19(22)16-10-14-6-5-7-15(11-16)18(14)20/h2-4,8-9,13-16,18H,5-7,10-12,20H2,1H3,(H,21,22). The number of nitrogens with one attached hydrogen (secondary N) is 1. The van der Waals surface area contributed by atoms with E-state index in [1.807, 2.05) is 17.8 Å². The maximum absolute atomic E-state index is 12.5. The lowest BCUT2D eigenvalue weighted by Crippen LogP contribution is -2.49. The number of hydrogen-bond donors (Lipinski definition) is 2. The van der Waals surface area contributed by atoms with Crippen LogP contribution in [-0.2, 0) is 4.79 Å². The van der Waals surface area contributed by atoms with Crippen LogP contribution in [0, 0.1) is 17.8 Å². The molecule has 2 saturated carbocycles. The number of thioether (sulfide) groups is 1. The van der Waals surface area contributed by atoms with Gasteiger partial charge in [0.15, 0.2) is 0 Å². The molecule has 4 heteroatoms. The van der Waals surface area contributed by atoms with Gasteiger partial charge in [0.1, 0.15) is 0 Å². The molecule has 3 unspecified atom stereocenters. The van der Waals surface area contributed by atoms with Crippen molar-refractivity contribution in [3.63, 3.8) is 0 Å². The fraction of sp³-hybridized carbons (Fsp3) is 0.632. The zero-order chi connectivity index (χ0) is 16.2. The monoisotopic (exact) mass is 332 g/mol. The van der Waals surface area contributed by atoms with Gasteiger partial charge in [-0.15, -0.1) is 11.8 Å². The van der Waals surface area contributed by atoms with Gasteiger partial charge in [-0.1, -0.05) is 31.5 Å². The van der Waals surface area contributed by atoms with E-state index in [4.69, 9.17) is 5.73 Å². The average Bonchev–Trinajstić information content (AvgIpc) is 2.53. The van der Waals surface area contributed by atoms with E-state index >= 15 is 0 Å². The second-order valence-corrected chi connectivity index (χ2v) is 8.70. The predicted octanol–water partition coefficient (Wildman–Crippen LogP) is 3.44. The second kappa shape index (κ2) is 7.71. The van der Waals surface area contributed by atoms with Crippen molar-refractivity contribution in [1.29, 1.82) is 0 Å². The van der Waals surface area contributed by atoms with E-state index < -0.39 is 0 Å². The minimum absolute atomic E-state index is 0.180. The van der Waals surface area contributed by atoms with E-state index in [0.29, 0.717) is 23.1 Å². The van der Waals surface area contributed by atoms with Crippen LogP contribution in [0.25, 0.3) is 0 Å². The Kier molecular flexibility index (Phi) is 5.65. The summed E-state index contributed by atoms with van der Waals surface area (Å²) in [6.45, 7) is 2.90. The maximum atomic E-state index is 12.5. The molecule has 0 spiro atoms. The Morgan fingerprint density at radius 1 is 1.26 bits per heavy atom. The summed E-state index contributed by atoms with van der Waals surface area (Å²) in [5.74, 6) is 1.55. The first-order valence-corrected chi connectivity index (χ1v) is 9.76. The van der Waals surface area contributed by atoms with Crippen LogP contribution in [0.15, 0.2) is 35.2 Å². The third-order valence-electron chi connectivity index (χ3n) is 5.43. The van der Waals surface area contributed by atoms with Gasteiger partial charge in [-0.3, -0.25) is 4.79 Å². The molecule has 3 rings (SSSR count). The smallest absolute Gasteiger partial charge is 0.223 e. The number of hydrogen-bond acceptors (Lipinski definition) is 3. The molecule has 3 nitrogen and oxygen atoms in total. The Bertz CT molecular complexity index is 507. The first-order valence-electron chi connectivity index (χ1n) is 8.88. The summed E-state index contributed by atoms with van der Waals surface area (Å²) < 4.78 is 0. The number of nitrogens with two attached hydrogens (primary N) is 1. The van der Waals surface area contributed by atoms with Gasteiger partial charge in [0.25, 0.3) is 0 Å². The largest absolute Gasteiger partial charge is 0.355 e. The van der Waals surface area contributed by atoms with E-state index in [1.165, 1.54) is 24.2 Å². The van der Waals surface area contributed by atoms with Crippen molar-refractivity contribution in [2.45, 2.75) is 55.2 Å². The minimum atomic E-state index is 0.180. The highest BCUT2D eigenvalue weighted by atomic mass is 32.2. The molecule has 1 aromatic carbocycles. The van der Waals surface area contributed by atoms with Gasteiger partial charge < -0.3 is 11.1 Å². The number of rotatable bonds is 5. The molecular formula is C19H28N2OS. The Balaban J connectivity index is 1.46. The molecule has 1 amide bonds. The lowest BCUT2D eigenvalue weighted by Gasteiger charge is -2.43. The number of carbonyl (C=O) groups excluding carboxylic acids is 1. The summed E-state index contributed by atoms with van der Waals surface area (Å²) in [6, 6.07) is 10.7. The fourth-order valence-corrected chi connectivity index (χ4v) is 5.11. The molecule has 2 aliphatic rings. The van der Waals surface area contributed by atoms with Gasteiger partial charge in [-0.2, -0.15) is 0 Å². The van der Waals surface area contributed by atoms with Crippen molar-refractivity contribution >= 4 is 17.7 Å². The highest BCUT2D eigenvalue weighted by molar-refractivity contribution is 8.00. The van der Waals surface area contributed by atoms with Crippen LogP contribution in [0.1, 0.15) is 39.0 Å². The first kappa shape index (κ1) is 16.8. The molecule has 0 aliphatic heterocycles. The van der Waals surface area contributed by atoms with Gasteiger partial charge in [-0.25, -0.2) is 0 Å². The van der Waals surface area contributed by atoms with Gasteiger partial charge in [0.05, 0.1) is 0 Å². The summed E-state index contributed by atoms with van der Waals surface area (Å²) in [4.78, 5) is 13.8. The Morgan fingerprint density at radius 2 is 1.91 bits per heavy atom. The molecule has 0 heterocycles. The zero-order valence-corrected chi connectivity index (χ0v) is 14.7. The molecule has 0 radical (unpaired) electrons. The summed E-state index contributed by atoms with van der Waals surface area (Å²) in [6.07, 6.45) is 5.69. The first-order chi connectivity index (χ1) is 11.1. The number of amides is 1. The number of carbonyl (C=O) groups is 1. The number of fused-ring (bicyclic) bond motifs is 2. The molecule has 2 bridgehead atoms. The average molecular weight is 333 g/mol. The van der Waals surface area contributed by atoms with Gasteiger partial charge >= 0.3 is 0 Å². The van der Waals surface area contributed by atoms with Gasteiger partial charge in [0, 0.05) is 28.6 Å². The van der Waals surface area contributed by atoms with E-state index in [1.54, 1.807) is 0 Å². The van der Waals surface area contributed by atoms with E-state index in [9.17, 15) is 4.79 Å². The van der Waals surface area contributed by atoms with Crippen molar-refractivity contribution < 1.29 is 4.79 Å². The van der Waals surface area contributed by atoms with Crippen LogP contribution >= 0.6 is 11.8 Å². The van der Waals surface area contributed by atoms with Crippen LogP contribution in [0.2, 0.25) is 0 Å². The van der Waals surface area contributed by atoms with Crippen molar-refractivity contribution in [1.82, 2.24) is 5.32 Å². The molecule has 3 N–H and O–H groups in total. The van der Waals surface area contributed by atoms with Crippen LogP contribution in [0.3, 0.4) is 0 Å². The summed E-state index contributed by atoms with van der Waals surface area (Å²) >= 11 is 1.81. The van der Waals surface area contributed by atoms with Crippen molar-refractivity contribution in [2.75, 3.05) is 6.54 Å². The van der Waals surface area contributed by atoms with Crippen LogP contribution in [0.5, 0.6) is 0 Å². The van der Waals surface area contributed by atoms with Crippen molar-refractivity contribution in [3.8, 4) is 0 Å².